The normalized spacial score (nSPS) is 10.9. The van der Waals surface area contributed by atoms with E-state index in [2.05, 4.69) is 10.2 Å². The molecule has 1 N–H and O–H groups in total. The molecule has 10 nitrogen and oxygen atoms in total. The largest absolute Gasteiger partial charge is 0.493 e. The standard InChI is InChI=1S/C18H13N5O5/c1-11-13(9-19)17(24)22(10-12-5-4-8-28-12)18(25)16(11)21-20-14-6-2-3-7-15(14)23(26)27/h2-8,24H,10H2,1H3. The van der Waals surface area contributed by atoms with Crippen molar-refractivity contribution in [3.63, 3.8) is 0 Å². The van der Waals surface area contributed by atoms with Crippen LogP contribution in [0.3, 0.4) is 0 Å². The fourth-order valence-corrected chi connectivity index (χ4v) is 2.57. The second-order valence-electron chi connectivity index (χ2n) is 5.70. The number of nitro groups is 1. The summed E-state index contributed by atoms with van der Waals surface area (Å²) in [5.41, 5.74) is -1.29. The highest BCUT2D eigenvalue weighted by molar-refractivity contribution is 5.59. The van der Waals surface area contributed by atoms with E-state index < -0.39 is 16.4 Å². The fourth-order valence-electron chi connectivity index (χ4n) is 2.57. The minimum absolute atomic E-state index is 0.0459. The molecule has 0 bridgehead atoms. The maximum absolute atomic E-state index is 12.8. The summed E-state index contributed by atoms with van der Waals surface area (Å²) in [5, 5.41) is 38.4. The predicted molar refractivity (Wildman–Crippen MR) is 96.9 cm³/mol. The molecule has 10 heteroatoms. The van der Waals surface area contributed by atoms with Gasteiger partial charge >= 0.3 is 0 Å². The topological polar surface area (TPSA) is 147 Å². The molecule has 2 heterocycles. The summed E-state index contributed by atoms with van der Waals surface area (Å²) < 4.78 is 6.11. The van der Waals surface area contributed by atoms with E-state index in [0.717, 1.165) is 4.57 Å². The van der Waals surface area contributed by atoms with Gasteiger partial charge in [-0.15, -0.1) is 10.2 Å². The van der Waals surface area contributed by atoms with Crippen molar-refractivity contribution in [1.29, 1.82) is 5.26 Å². The highest BCUT2D eigenvalue weighted by Crippen LogP contribution is 2.30. The summed E-state index contributed by atoms with van der Waals surface area (Å²) in [4.78, 5) is 23.3. The third-order valence-electron chi connectivity index (χ3n) is 4.00. The first-order chi connectivity index (χ1) is 13.4. The average Bonchev–Trinajstić information content (AvgIpc) is 3.19. The van der Waals surface area contributed by atoms with Crippen LogP contribution in [0.5, 0.6) is 5.88 Å². The lowest BCUT2D eigenvalue weighted by molar-refractivity contribution is -0.384. The van der Waals surface area contributed by atoms with Gasteiger partial charge in [0.15, 0.2) is 11.4 Å². The van der Waals surface area contributed by atoms with Gasteiger partial charge in [-0.2, -0.15) is 5.26 Å². The average molecular weight is 379 g/mol. The summed E-state index contributed by atoms with van der Waals surface area (Å²) >= 11 is 0. The number of nitriles is 1. The molecule has 2 aromatic heterocycles. The quantitative estimate of drug-likeness (QED) is 0.406. The van der Waals surface area contributed by atoms with Gasteiger partial charge in [-0.3, -0.25) is 19.5 Å². The van der Waals surface area contributed by atoms with E-state index in [4.69, 9.17) is 4.42 Å². The highest BCUT2D eigenvalue weighted by Gasteiger charge is 2.20. The van der Waals surface area contributed by atoms with E-state index >= 15 is 0 Å². The third kappa shape index (κ3) is 3.36. The van der Waals surface area contributed by atoms with Crippen LogP contribution in [0, 0.1) is 28.4 Å². The van der Waals surface area contributed by atoms with Crippen molar-refractivity contribution in [2.75, 3.05) is 0 Å². The Bertz CT molecular complexity index is 1170. The number of para-hydroxylation sites is 1. The first-order valence-corrected chi connectivity index (χ1v) is 7.98. The smallest absolute Gasteiger partial charge is 0.296 e. The summed E-state index contributed by atoms with van der Waals surface area (Å²) in [6.07, 6.45) is 1.41. The Hall–Kier alpha value is -4.26. The van der Waals surface area contributed by atoms with Crippen molar-refractivity contribution in [1.82, 2.24) is 4.57 Å². The van der Waals surface area contributed by atoms with Crippen LogP contribution in [-0.4, -0.2) is 14.6 Å². The van der Waals surface area contributed by atoms with E-state index in [-0.39, 0.29) is 34.7 Å². The van der Waals surface area contributed by atoms with Gasteiger partial charge in [0.25, 0.3) is 11.2 Å². The third-order valence-corrected chi connectivity index (χ3v) is 4.00. The van der Waals surface area contributed by atoms with Crippen LogP contribution < -0.4 is 5.56 Å². The molecule has 3 rings (SSSR count). The van der Waals surface area contributed by atoms with Crippen LogP contribution in [-0.2, 0) is 6.54 Å². The van der Waals surface area contributed by atoms with Gasteiger partial charge in [0.2, 0.25) is 5.88 Å². The van der Waals surface area contributed by atoms with Gasteiger partial charge in [-0.05, 0) is 25.1 Å². The lowest BCUT2D eigenvalue weighted by Crippen LogP contribution is -2.22. The number of pyridine rings is 1. The monoisotopic (exact) mass is 379 g/mol. The minimum Gasteiger partial charge on any atom is -0.493 e. The van der Waals surface area contributed by atoms with Gasteiger partial charge in [-0.1, -0.05) is 12.1 Å². The molecule has 0 aliphatic carbocycles. The van der Waals surface area contributed by atoms with E-state index in [1.54, 1.807) is 18.2 Å². The Morgan fingerprint density at radius 3 is 2.68 bits per heavy atom. The first-order valence-electron chi connectivity index (χ1n) is 7.98. The number of nitrogens with zero attached hydrogens (tertiary/aromatic N) is 5. The molecule has 0 aliphatic rings. The number of azo groups is 1. The zero-order valence-corrected chi connectivity index (χ0v) is 14.6. The molecule has 0 spiro atoms. The van der Waals surface area contributed by atoms with E-state index in [9.17, 15) is 25.3 Å². The van der Waals surface area contributed by atoms with E-state index in [0.29, 0.717) is 5.76 Å². The SMILES string of the molecule is Cc1c(C#N)c(O)n(Cc2ccco2)c(=O)c1N=Nc1ccccc1[N+](=O)[O-]. The molecule has 1 aromatic carbocycles. The second kappa shape index (κ2) is 7.55. The number of aromatic nitrogens is 1. The van der Waals surface area contributed by atoms with Crippen LogP contribution in [0.15, 0.2) is 62.1 Å². The van der Waals surface area contributed by atoms with Crippen molar-refractivity contribution >= 4 is 17.1 Å². The van der Waals surface area contributed by atoms with Crippen LogP contribution in [0.1, 0.15) is 16.9 Å². The first kappa shape index (κ1) is 18.5. The predicted octanol–water partition coefficient (Wildman–Crippen LogP) is 3.70. The van der Waals surface area contributed by atoms with Crippen molar-refractivity contribution in [3.8, 4) is 11.9 Å². The Balaban J connectivity index is 2.15. The zero-order valence-electron chi connectivity index (χ0n) is 14.6. The Labute approximate surface area is 157 Å². The molecule has 0 aliphatic heterocycles. The van der Waals surface area contributed by atoms with Crippen LogP contribution >= 0.6 is 0 Å². The number of aromatic hydroxyl groups is 1. The van der Waals surface area contributed by atoms with Gasteiger partial charge in [-0.25, -0.2) is 0 Å². The number of furan rings is 1. The maximum atomic E-state index is 12.8. The van der Waals surface area contributed by atoms with Gasteiger partial charge in [0, 0.05) is 11.6 Å². The second-order valence-corrected chi connectivity index (χ2v) is 5.70. The summed E-state index contributed by atoms with van der Waals surface area (Å²) in [5.74, 6) is -0.141. The van der Waals surface area contributed by atoms with Crippen molar-refractivity contribution in [3.05, 3.63) is 80.0 Å². The number of rotatable bonds is 5. The number of benzene rings is 1. The van der Waals surface area contributed by atoms with Crippen molar-refractivity contribution in [2.24, 2.45) is 10.2 Å². The Kier molecular flexibility index (Phi) is 4.99. The number of nitro benzene ring substituents is 1. The summed E-state index contributed by atoms with van der Waals surface area (Å²) in [6.45, 7) is 1.31. The molecule has 140 valence electrons. The molecule has 0 atom stereocenters. The van der Waals surface area contributed by atoms with Gasteiger partial charge in [0.05, 0.1) is 17.7 Å². The van der Waals surface area contributed by atoms with Crippen LogP contribution in [0.4, 0.5) is 17.1 Å². The van der Waals surface area contributed by atoms with E-state index in [1.165, 1.54) is 31.4 Å². The molecule has 0 saturated carbocycles. The molecular formula is C18H13N5O5. The summed E-state index contributed by atoms with van der Waals surface area (Å²) in [7, 11) is 0. The number of hydrogen-bond donors (Lipinski definition) is 1. The molecule has 28 heavy (non-hydrogen) atoms. The molecule has 3 aromatic rings. The minimum atomic E-state index is -0.715. The maximum Gasteiger partial charge on any atom is 0.296 e. The zero-order chi connectivity index (χ0) is 20.3. The molecular weight excluding hydrogens is 366 g/mol. The van der Waals surface area contributed by atoms with Gasteiger partial charge in [0.1, 0.15) is 17.4 Å². The van der Waals surface area contributed by atoms with Crippen LogP contribution in [0.25, 0.3) is 0 Å². The van der Waals surface area contributed by atoms with Crippen LogP contribution in [0.2, 0.25) is 0 Å². The fraction of sp³-hybridized carbons (Fsp3) is 0.111. The molecule has 0 amide bonds. The molecule has 0 unspecified atom stereocenters. The molecule has 0 saturated heterocycles. The highest BCUT2D eigenvalue weighted by atomic mass is 16.6. The Morgan fingerprint density at radius 2 is 2.04 bits per heavy atom. The lowest BCUT2D eigenvalue weighted by atomic mass is 10.1. The summed E-state index contributed by atoms with van der Waals surface area (Å²) in [6, 6.07) is 10.7. The Morgan fingerprint density at radius 1 is 1.29 bits per heavy atom. The van der Waals surface area contributed by atoms with E-state index in [1.807, 2.05) is 6.07 Å². The van der Waals surface area contributed by atoms with Gasteiger partial charge < -0.3 is 9.52 Å². The lowest BCUT2D eigenvalue weighted by Gasteiger charge is -2.11. The molecule has 0 fully saturated rings. The number of hydrogen-bond acceptors (Lipinski definition) is 8. The van der Waals surface area contributed by atoms with Crippen molar-refractivity contribution in [2.45, 2.75) is 13.5 Å². The molecule has 0 radical (unpaired) electrons. The van der Waals surface area contributed by atoms with Crippen molar-refractivity contribution < 1.29 is 14.4 Å².